The smallest absolute Gasteiger partial charge is 0.302 e. The Morgan fingerprint density at radius 2 is 1.85 bits per heavy atom. The summed E-state index contributed by atoms with van der Waals surface area (Å²) in [5.74, 6) is -5.23. The maximum Gasteiger partial charge on any atom is 0.302 e. The van der Waals surface area contributed by atoms with Crippen LogP contribution in [0.4, 0.5) is 13.2 Å². The molecule has 2 aromatic rings. The van der Waals surface area contributed by atoms with Crippen LogP contribution in [0.15, 0.2) is 36.7 Å². The van der Waals surface area contributed by atoms with Gasteiger partial charge in [0.1, 0.15) is 23.6 Å². The molecule has 1 amide bonds. The number of carbonyl (C=O) groups excluding carboxylic acids is 1. The molecular weight excluding hydrogens is 381 g/mol. The van der Waals surface area contributed by atoms with Crippen LogP contribution in [0.5, 0.6) is 0 Å². The van der Waals surface area contributed by atoms with Gasteiger partial charge in [0.2, 0.25) is 5.91 Å². The number of carbonyl (C=O) groups is 1. The predicted molar refractivity (Wildman–Crippen MR) is 95.1 cm³/mol. The standard InChI is InChI=1S/C19H18ClF3N2O2/c1-17(2)19(22,23)18(3,25-16(26)10-27-17)14-7-11(4-5-15(14)21)12-6-13(20)9-24-8-12/h4-9H,10H2,1-3H3,(H,25,26). The van der Waals surface area contributed by atoms with E-state index in [9.17, 15) is 9.18 Å². The van der Waals surface area contributed by atoms with Crippen LogP contribution >= 0.6 is 11.6 Å². The zero-order valence-corrected chi connectivity index (χ0v) is 15.7. The van der Waals surface area contributed by atoms with Crippen molar-refractivity contribution in [2.75, 3.05) is 6.61 Å². The highest BCUT2D eigenvalue weighted by molar-refractivity contribution is 6.30. The molecule has 1 atom stereocenters. The lowest BCUT2D eigenvalue weighted by atomic mass is 9.77. The lowest BCUT2D eigenvalue weighted by Gasteiger charge is -2.43. The SMILES string of the molecule is CC1(C)OCC(=O)NC(C)(c2cc(-c3cncc(Cl)c3)ccc2F)C1(F)F. The number of alkyl halides is 2. The summed E-state index contributed by atoms with van der Waals surface area (Å²) in [6.07, 6.45) is 2.92. The van der Waals surface area contributed by atoms with Gasteiger partial charge in [0, 0.05) is 23.5 Å². The van der Waals surface area contributed by atoms with E-state index in [0.29, 0.717) is 16.1 Å². The third kappa shape index (κ3) is 3.19. The maximum atomic E-state index is 15.4. The van der Waals surface area contributed by atoms with Gasteiger partial charge in [-0.05, 0) is 44.5 Å². The monoisotopic (exact) mass is 398 g/mol. The molecule has 1 fully saturated rings. The van der Waals surface area contributed by atoms with E-state index in [2.05, 4.69) is 10.3 Å². The molecule has 0 aliphatic carbocycles. The molecule has 1 N–H and O–H groups in total. The Bertz CT molecular complexity index is 904. The molecule has 0 spiro atoms. The maximum absolute atomic E-state index is 15.4. The van der Waals surface area contributed by atoms with Gasteiger partial charge >= 0.3 is 5.92 Å². The van der Waals surface area contributed by atoms with Gasteiger partial charge in [-0.25, -0.2) is 13.2 Å². The third-order valence-corrected chi connectivity index (χ3v) is 5.09. The van der Waals surface area contributed by atoms with Crippen LogP contribution in [0.1, 0.15) is 26.3 Å². The largest absolute Gasteiger partial charge is 0.359 e. The molecule has 0 bridgehead atoms. The van der Waals surface area contributed by atoms with Crippen LogP contribution in [-0.4, -0.2) is 29.0 Å². The molecule has 1 aromatic carbocycles. The molecule has 27 heavy (non-hydrogen) atoms. The van der Waals surface area contributed by atoms with Crippen molar-refractivity contribution in [3.05, 3.63) is 53.1 Å². The second-order valence-electron chi connectivity index (χ2n) is 7.13. The van der Waals surface area contributed by atoms with Crippen molar-refractivity contribution in [2.45, 2.75) is 37.8 Å². The Labute approximate surface area is 159 Å². The summed E-state index contributed by atoms with van der Waals surface area (Å²) >= 11 is 5.94. The van der Waals surface area contributed by atoms with Crippen LogP contribution in [0.3, 0.4) is 0 Å². The van der Waals surface area contributed by atoms with Crippen molar-refractivity contribution in [3.8, 4) is 11.1 Å². The average molecular weight is 399 g/mol. The molecule has 1 saturated heterocycles. The molecule has 1 unspecified atom stereocenters. The molecule has 8 heteroatoms. The summed E-state index contributed by atoms with van der Waals surface area (Å²) in [6, 6.07) is 5.38. The second kappa shape index (κ2) is 6.49. The van der Waals surface area contributed by atoms with Crippen molar-refractivity contribution in [2.24, 2.45) is 0 Å². The van der Waals surface area contributed by atoms with Crippen molar-refractivity contribution in [1.82, 2.24) is 10.3 Å². The van der Waals surface area contributed by atoms with Gasteiger partial charge in [0.25, 0.3) is 0 Å². The molecule has 144 valence electrons. The van der Waals surface area contributed by atoms with E-state index in [1.54, 1.807) is 6.07 Å². The van der Waals surface area contributed by atoms with E-state index in [1.807, 2.05) is 0 Å². The number of hydrogen-bond donors (Lipinski definition) is 1. The number of nitrogens with zero attached hydrogens (tertiary/aromatic N) is 1. The normalized spacial score (nSPS) is 24.2. The first-order valence-electron chi connectivity index (χ1n) is 8.22. The molecular formula is C19H18ClF3N2O2. The van der Waals surface area contributed by atoms with Crippen LogP contribution < -0.4 is 5.32 Å². The van der Waals surface area contributed by atoms with Gasteiger partial charge in [0.05, 0.1) is 5.02 Å². The summed E-state index contributed by atoms with van der Waals surface area (Å²) in [5.41, 5.74) is -3.70. The van der Waals surface area contributed by atoms with Crippen molar-refractivity contribution in [3.63, 3.8) is 0 Å². The number of rotatable bonds is 2. The fourth-order valence-electron chi connectivity index (χ4n) is 3.23. The van der Waals surface area contributed by atoms with Crippen molar-refractivity contribution >= 4 is 17.5 Å². The number of ether oxygens (including phenoxy) is 1. The zero-order valence-electron chi connectivity index (χ0n) is 14.9. The van der Waals surface area contributed by atoms with Gasteiger partial charge in [-0.15, -0.1) is 0 Å². The summed E-state index contributed by atoms with van der Waals surface area (Å²) in [5, 5.41) is 2.61. The molecule has 4 nitrogen and oxygen atoms in total. The van der Waals surface area contributed by atoms with E-state index < -0.39 is 35.4 Å². The van der Waals surface area contributed by atoms with E-state index in [0.717, 1.165) is 13.0 Å². The summed E-state index contributed by atoms with van der Waals surface area (Å²) in [4.78, 5) is 16.0. The second-order valence-corrected chi connectivity index (χ2v) is 7.57. The first-order valence-corrected chi connectivity index (χ1v) is 8.59. The Balaban J connectivity index is 2.21. The lowest BCUT2D eigenvalue weighted by molar-refractivity contribution is -0.216. The van der Waals surface area contributed by atoms with Gasteiger partial charge in [0.15, 0.2) is 0 Å². The van der Waals surface area contributed by atoms with Crippen LogP contribution in [-0.2, 0) is 15.1 Å². The Morgan fingerprint density at radius 3 is 2.52 bits per heavy atom. The summed E-state index contributed by atoms with van der Waals surface area (Å²) < 4.78 is 50.6. The minimum Gasteiger partial charge on any atom is -0.359 e. The first-order chi connectivity index (χ1) is 12.5. The Morgan fingerprint density at radius 1 is 1.15 bits per heavy atom. The average Bonchev–Trinajstić information content (AvgIpc) is 2.65. The molecule has 0 radical (unpaired) electrons. The minimum atomic E-state index is -3.61. The fraction of sp³-hybridized carbons (Fsp3) is 0.368. The topological polar surface area (TPSA) is 51.2 Å². The minimum absolute atomic E-state index is 0.350. The quantitative estimate of drug-likeness (QED) is 0.819. The predicted octanol–water partition coefficient (Wildman–Crippen LogP) is 4.32. The Hall–Kier alpha value is -2.12. The number of benzene rings is 1. The molecule has 2 heterocycles. The van der Waals surface area contributed by atoms with E-state index >= 15 is 8.78 Å². The molecule has 1 aliphatic rings. The van der Waals surface area contributed by atoms with Gasteiger partial charge in [-0.3, -0.25) is 9.78 Å². The number of hydrogen-bond acceptors (Lipinski definition) is 3. The number of amides is 1. The molecule has 0 saturated carbocycles. The number of pyridine rings is 1. The van der Waals surface area contributed by atoms with Gasteiger partial charge in [-0.2, -0.15) is 0 Å². The zero-order chi connectivity index (χ0) is 20.0. The summed E-state index contributed by atoms with van der Waals surface area (Å²) in [7, 11) is 0. The van der Waals surface area contributed by atoms with E-state index in [4.69, 9.17) is 16.3 Å². The van der Waals surface area contributed by atoms with E-state index in [1.165, 1.54) is 38.4 Å². The van der Waals surface area contributed by atoms with Gasteiger partial charge in [-0.1, -0.05) is 17.7 Å². The van der Waals surface area contributed by atoms with Crippen LogP contribution in [0.25, 0.3) is 11.1 Å². The lowest BCUT2D eigenvalue weighted by Crippen LogP contribution is -2.62. The fourth-order valence-corrected chi connectivity index (χ4v) is 3.40. The van der Waals surface area contributed by atoms with E-state index in [-0.39, 0.29) is 5.56 Å². The van der Waals surface area contributed by atoms with Gasteiger partial charge < -0.3 is 10.1 Å². The first kappa shape index (κ1) is 19.6. The highest BCUT2D eigenvalue weighted by Gasteiger charge is 2.64. The Kier molecular flexibility index (Phi) is 4.72. The highest BCUT2D eigenvalue weighted by Crippen LogP contribution is 2.48. The number of halogens is 4. The third-order valence-electron chi connectivity index (χ3n) is 4.88. The van der Waals surface area contributed by atoms with Crippen molar-refractivity contribution in [1.29, 1.82) is 0 Å². The van der Waals surface area contributed by atoms with Crippen LogP contribution in [0.2, 0.25) is 5.02 Å². The molecule has 1 aliphatic heterocycles. The molecule has 3 rings (SSSR count). The molecule has 1 aromatic heterocycles. The van der Waals surface area contributed by atoms with Crippen LogP contribution in [0, 0.1) is 5.82 Å². The van der Waals surface area contributed by atoms with Crippen molar-refractivity contribution < 1.29 is 22.7 Å². The number of aromatic nitrogens is 1. The highest BCUT2D eigenvalue weighted by atomic mass is 35.5. The number of nitrogens with one attached hydrogen (secondary N) is 1. The summed E-state index contributed by atoms with van der Waals surface area (Å²) in [6.45, 7) is 2.90.